The Morgan fingerprint density at radius 1 is 1.20 bits per heavy atom. The second kappa shape index (κ2) is 8.20. The van der Waals surface area contributed by atoms with Crippen LogP contribution in [0, 0.1) is 0 Å². The van der Waals surface area contributed by atoms with Gasteiger partial charge in [0.15, 0.2) is 0 Å². The Balaban J connectivity index is 2.42. The lowest BCUT2D eigenvalue weighted by atomic mass is 10.1. The van der Waals surface area contributed by atoms with E-state index in [2.05, 4.69) is 19.9 Å². The van der Waals surface area contributed by atoms with E-state index in [4.69, 9.17) is 10.5 Å². The number of carbonyl (C=O) groups excluding carboxylic acids is 1. The SMILES string of the molecule is CC(C)=CCCC(C)=CCOC(=O)c1ccccc1N. The van der Waals surface area contributed by atoms with Crippen molar-refractivity contribution < 1.29 is 9.53 Å². The fourth-order valence-corrected chi connectivity index (χ4v) is 1.71. The van der Waals surface area contributed by atoms with E-state index in [1.807, 2.05) is 13.0 Å². The topological polar surface area (TPSA) is 52.3 Å². The molecule has 0 aliphatic heterocycles. The van der Waals surface area contributed by atoms with Crippen molar-refractivity contribution in [2.45, 2.75) is 33.6 Å². The highest BCUT2D eigenvalue weighted by atomic mass is 16.5. The first-order valence-electron chi connectivity index (χ1n) is 6.81. The summed E-state index contributed by atoms with van der Waals surface area (Å²) in [6.07, 6.45) is 6.14. The summed E-state index contributed by atoms with van der Waals surface area (Å²) >= 11 is 0. The molecule has 1 rings (SSSR count). The van der Waals surface area contributed by atoms with Crippen molar-refractivity contribution in [3.8, 4) is 0 Å². The fourth-order valence-electron chi connectivity index (χ4n) is 1.71. The van der Waals surface area contributed by atoms with E-state index in [1.54, 1.807) is 24.3 Å². The van der Waals surface area contributed by atoms with Crippen LogP contribution in [0.4, 0.5) is 5.69 Å². The zero-order chi connectivity index (χ0) is 15.0. The van der Waals surface area contributed by atoms with Crippen LogP contribution in [0.2, 0.25) is 0 Å². The number of rotatable bonds is 6. The van der Waals surface area contributed by atoms with Gasteiger partial charge in [-0.05, 0) is 51.8 Å². The van der Waals surface area contributed by atoms with Crippen molar-refractivity contribution in [1.82, 2.24) is 0 Å². The van der Waals surface area contributed by atoms with Gasteiger partial charge >= 0.3 is 5.97 Å². The van der Waals surface area contributed by atoms with E-state index in [9.17, 15) is 4.79 Å². The van der Waals surface area contributed by atoms with Crippen LogP contribution in [0.25, 0.3) is 0 Å². The summed E-state index contributed by atoms with van der Waals surface area (Å²) in [5.74, 6) is -0.378. The lowest BCUT2D eigenvalue weighted by molar-refractivity contribution is 0.0550. The number of benzene rings is 1. The molecule has 0 spiro atoms. The second-order valence-electron chi connectivity index (χ2n) is 5.06. The van der Waals surface area contributed by atoms with Crippen LogP contribution in [-0.4, -0.2) is 12.6 Å². The van der Waals surface area contributed by atoms with E-state index < -0.39 is 0 Å². The third-order valence-corrected chi connectivity index (χ3v) is 2.92. The van der Waals surface area contributed by atoms with Crippen molar-refractivity contribution in [2.24, 2.45) is 0 Å². The molecule has 0 atom stereocenters. The van der Waals surface area contributed by atoms with Crippen LogP contribution in [0.15, 0.2) is 47.6 Å². The van der Waals surface area contributed by atoms with Crippen LogP contribution < -0.4 is 5.73 Å². The average molecular weight is 273 g/mol. The number of para-hydroxylation sites is 1. The molecule has 0 aromatic heterocycles. The summed E-state index contributed by atoms with van der Waals surface area (Å²) in [6, 6.07) is 6.92. The molecule has 1 aromatic rings. The monoisotopic (exact) mass is 273 g/mol. The maximum absolute atomic E-state index is 11.8. The van der Waals surface area contributed by atoms with Crippen LogP contribution in [0.3, 0.4) is 0 Å². The van der Waals surface area contributed by atoms with E-state index >= 15 is 0 Å². The van der Waals surface area contributed by atoms with Gasteiger partial charge in [0, 0.05) is 5.69 Å². The summed E-state index contributed by atoms with van der Waals surface area (Å²) in [4.78, 5) is 11.8. The first kappa shape index (κ1) is 16.0. The minimum absolute atomic E-state index is 0.286. The van der Waals surface area contributed by atoms with Gasteiger partial charge in [-0.3, -0.25) is 0 Å². The lowest BCUT2D eigenvalue weighted by Crippen LogP contribution is -2.08. The lowest BCUT2D eigenvalue weighted by Gasteiger charge is -2.05. The van der Waals surface area contributed by atoms with Crippen molar-refractivity contribution in [3.05, 3.63) is 53.1 Å². The Morgan fingerprint density at radius 2 is 1.90 bits per heavy atom. The number of esters is 1. The molecule has 2 N–H and O–H groups in total. The molecule has 0 aliphatic rings. The molecular formula is C17H23NO2. The highest BCUT2D eigenvalue weighted by molar-refractivity contribution is 5.94. The highest BCUT2D eigenvalue weighted by Gasteiger charge is 2.09. The van der Waals surface area contributed by atoms with Gasteiger partial charge in [0.2, 0.25) is 0 Å². The molecule has 0 unspecified atom stereocenters. The number of nitrogens with two attached hydrogens (primary N) is 1. The minimum Gasteiger partial charge on any atom is -0.458 e. The predicted molar refractivity (Wildman–Crippen MR) is 83.6 cm³/mol. The van der Waals surface area contributed by atoms with Crippen molar-refractivity contribution in [2.75, 3.05) is 12.3 Å². The number of hydrogen-bond acceptors (Lipinski definition) is 3. The number of ether oxygens (including phenoxy) is 1. The normalized spacial score (nSPS) is 11.1. The Morgan fingerprint density at radius 3 is 2.55 bits per heavy atom. The maximum atomic E-state index is 11.8. The second-order valence-corrected chi connectivity index (χ2v) is 5.06. The molecule has 0 saturated carbocycles. The maximum Gasteiger partial charge on any atom is 0.340 e. The van der Waals surface area contributed by atoms with E-state index in [1.165, 1.54) is 11.1 Å². The molecule has 0 fully saturated rings. The van der Waals surface area contributed by atoms with Gasteiger partial charge in [0.05, 0.1) is 5.56 Å². The molecule has 108 valence electrons. The van der Waals surface area contributed by atoms with E-state index in [-0.39, 0.29) is 12.6 Å². The minimum atomic E-state index is -0.378. The molecule has 0 heterocycles. The number of allylic oxidation sites excluding steroid dienone is 3. The predicted octanol–water partition coefficient (Wildman–Crippen LogP) is 4.12. The molecule has 0 aliphatic carbocycles. The number of nitrogen functional groups attached to an aromatic ring is 1. The van der Waals surface area contributed by atoms with Crippen molar-refractivity contribution >= 4 is 11.7 Å². The van der Waals surface area contributed by atoms with Crippen LogP contribution in [-0.2, 0) is 4.74 Å². The van der Waals surface area contributed by atoms with Gasteiger partial charge in [0.1, 0.15) is 6.61 Å². The molecule has 1 aromatic carbocycles. The van der Waals surface area contributed by atoms with Gasteiger partial charge in [-0.25, -0.2) is 4.79 Å². The van der Waals surface area contributed by atoms with E-state index in [0.29, 0.717) is 11.3 Å². The van der Waals surface area contributed by atoms with Crippen LogP contribution in [0.1, 0.15) is 44.0 Å². The molecule has 3 nitrogen and oxygen atoms in total. The fraction of sp³-hybridized carbons (Fsp3) is 0.353. The van der Waals surface area contributed by atoms with Crippen molar-refractivity contribution in [1.29, 1.82) is 0 Å². The summed E-state index contributed by atoms with van der Waals surface area (Å²) in [5, 5.41) is 0. The van der Waals surface area contributed by atoms with Gasteiger partial charge in [-0.2, -0.15) is 0 Å². The standard InChI is InChI=1S/C17H23NO2/c1-13(2)7-6-8-14(3)11-12-20-17(19)15-9-4-5-10-16(15)18/h4-5,7,9-11H,6,8,12,18H2,1-3H3. The molecule has 0 radical (unpaired) electrons. The Bertz CT molecular complexity index is 511. The summed E-state index contributed by atoms with van der Waals surface area (Å²) in [6.45, 7) is 6.51. The molecule has 20 heavy (non-hydrogen) atoms. The zero-order valence-corrected chi connectivity index (χ0v) is 12.5. The molecule has 0 saturated heterocycles. The smallest absolute Gasteiger partial charge is 0.340 e. The van der Waals surface area contributed by atoms with Gasteiger partial charge in [-0.1, -0.05) is 29.4 Å². The molecule has 0 bridgehead atoms. The number of carbonyl (C=O) groups is 1. The summed E-state index contributed by atoms with van der Waals surface area (Å²) in [7, 11) is 0. The Hall–Kier alpha value is -2.03. The first-order valence-corrected chi connectivity index (χ1v) is 6.81. The van der Waals surface area contributed by atoms with Gasteiger partial charge in [-0.15, -0.1) is 0 Å². The van der Waals surface area contributed by atoms with Gasteiger partial charge < -0.3 is 10.5 Å². The average Bonchev–Trinajstić information content (AvgIpc) is 2.38. The first-order chi connectivity index (χ1) is 9.50. The third kappa shape index (κ3) is 5.74. The van der Waals surface area contributed by atoms with Crippen LogP contribution >= 0.6 is 0 Å². The largest absolute Gasteiger partial charge is 0.458 e. The Kier molecular flexibility index (Phi) is 6.57. The molecule has 3 heteroatoms. The van der Waals surface area contributed by atoms with E-state index in [0.717, 1.165) is 12.8 Å². The highest BCUT2D eigenvalue weighted by Crippen LogP contribution is 2.12. The third-order valence-electron chi connectivity index (χ3n) is 2.92. The molecular weight excluding hydrogens is 250 g/mol. The quantitative estimate of drug-likeness (QED) is 0.482. The van der Waals surface area contributed by atoms with Gasteiger partial charge in [0.25, 0.3) is 0 Å². The van der Waals surface area contributed by atoms with Crippen molar-refractivity contribution in [3.63, 3.8) is 0 Å². The van der Waals surface area contributed by atoms with Crippen LogP contribution in [0.5, 0.6) is 0 Å². The Labute approximate surface area is 121 Å². The summed E-state index contributed by atoms with van der Waals surface area (Å²) in [5.41, 5.74) is 9.13. The zero-order valence-electron chi connectivity index (χ0n) is 12.5. The number of hydrogen-bond donors (Lipinski definition) is 1. The summed E-state index contributed by atoms with van der Waals surface area (Å²) < 4.78 is 5.20. The molecule has 0 amide bonds. The number of anilines is 1.